The first kappa shape index (κ1) is 13.9. The Kier molecular flexibility index (Phi) is 4.09. The molecule has 21 heavy (non-hydrogen) atoms. The van der Waals surface area contributed by atoms with E-state index >= 15 is 0 Å². The first-order valence-electron chi connectivity index (χ1n) is 6.79. The molecule has 5 nitrogen and oxygen atoms in total. The van der Waals surface area contributed by atoms with Crippen LogP contribution in [0.5, 0.6) is 0 Å². The summed E-state index contributed by atoms with van der Waals surface area (Å²) in [6.07, 6.45) is 2.24. The molecule has 3 rings (SSSR count). The molecule has 6 heteroatoms. The summed E-state index contributed by atoms with van der Waals surface area (Å²) in [4.78, 5) is 4.19. The van der Waals surface area contributed by atoms with Crippen LogP contribution in [0.4, 0.5) is 5.88 Å². The summed E-state index contributed by atoms with van der Waals surface area (Å²) in [5.41, 5.74) is 0.892. The molecule has 1 saturated heterocycles. The third kappa shape index (κ3) is 3.02. The van der Waals surface area contributed by atoms with E-state index in [-0.39, 0.29) is 11.8 Å². The van der Waals surface area contributed by atoms with Crippen molar-refractivity contribution in [3.05, 3.63) is 35.0 Å². The monoisotopic (exact) mass is 303 g/mol. The standard InChI is InChI=1S/C15H14ClN3O2/c16-12-6-2-1-5-11(12)14-19-13(8-17)15(21-14)18-9-10-4-3-7-20-10/h1-2,5-6,10,18H,3-4,7,9H2/t10-/m0/s1. The zero-order valence-electron chi connectivity index (χ0n) is 11.3. The summed E-state index contributed by atoms with van der Waals surface area (Å²) in [6, 6.07) is 9.26. The molecule has 1 aliphatic rings. The number of halogens is 1. The second kappa shape index (κ2) is 6.17. The van der Waals surface area contributed by atoms with Crippen LogP contribution in [-0.4, -0.2) is 24.2 Å². The predicted octanol–water partition coefficient (Wildman–Crippen LogP) is 3.46. The number of rotatable bonds is 4. The highest BCUT2D eigenvalue weighted by molar-refractivity contribution is 6.33. The van der Waals surface area contributed by atoms with Crippen LogP contribution in [0.3, 0.4) is 0 Å². The van der Waals surface area contributed by atoms with Gasteiger partial charge in [0, 0.05) is 13.2 Å². The Morgan fingerprint density at radius 3 is 3.00 bits per heavy atom. The number of hydrogen-bond donors (Lipinski definition) is 1. The molecule has 0 unspecified atom stereocenters. The first-order chi connectivity index (χ1) is 10.3. The molecule has 0 spiro atoms. The summed E-state index contributed by atoms with van der Waals surface area (Å²) in [7, 11) is 0. The molecule has 1 N–H and O–H groups in total. The second-order valence-corrected chi connectivity index (χ2v) is 5.21. The van der Waals surface area contributed by atoms with Crippen molar-refractivity contribution in [1.82, 2.24) is 4.98 Å². The molecular formula is C15H14ClN3O2. The van der Waals surface area contributed by atoms with Crippen molar-refractivity contribution in [1.29, 1.82) is 5.26 Å². The normalized spacial score (nSPS) is 17.6. The number of anilines is 1. The molecule has 1 aliphatic heterocycles. The molecule has 0 saturated carbocycles. The van der Waals surface area contributed by atoms with Gasteiger partial charge in [-0.05, 0) is 25.0 Å². The highest BCUT2D eigenvalue weighted by atomic mass is 35.5. The van der Waals surface area contributed by atoms with Crippen LogP contribution in [0.1, 0.15) is 18.5 Å². The van der Waals surface area contributed by atoms with Gasteiger partial charge in [-0.1, -0.05) is 23.7 Å². The van der Waals surface area contributed by atoms with E-state index in [2.05, 4.69) is 10.3 Å². The van der Waals surface area contributed by atoms with Gasteiger partial charge in [0.1, 0.15) is 6.07 Å². The summed E-state index contributed by atoms with van der Waals surface area (Å²) in [6.45, 7) is 1.39. The SMILES string of the molecule is N#Cc1nc(-c2ccccc2Cl)oc1NC[C@@H]1CCCO1. The zero-order valence-corrected chi connectivity index (χ0v) is 12.1. The Bertz CT molecular complexity index is 672. The quantitative estimate of drug-likeness (QED) is 0.936. The lowest BCUT2D eigenvalue weighted by molar-refractivity contribution is 0.120. The Morgan fingerprint density at radius 1 is 1.43 bits per heavy atom. The molecule has 2 aromatic rings. The van der Waals surface area contributed by atoms with Gasteiger partial charge in [0.25, 0.3) is 0 Å². The van der Waals surface area contributed by atoms with Gasteiger partial charge in [-0.25, -0.2) is 0 Å². The van der Waals surface area contributed by atoms with E-state index in [1.807, 2.05) is 18.2 Å². The predicted molar refractivity (Wildman–Crippen MR) is 79.1 cm³/mol. The lowest BCUT2D eigenvalue weighted by Crippen LogP contribution is -2.18. The van der Waals surface area contributed by atoms with Crippen LogP contribution in [0.25, 0.3) is 11.5 Å². The van der Waals surface area contributed by atoms with E-state index in [1.165, 1.54) is 0 Å². The van der Waals surface area contributed by atoms with Crippen molar-refractivity contribution >= 4 is 17.5 Å². The van der Waals surface area contributed by atoms with E-state index in [4.69, 9.17) is 26.0 Å². The van der Waals surface area contributed by atoms with Crippen LogP contribution >= 0.6 is 11.6 Å². The molecule has 0 radical (unpaired) electrons. The van der Waals surface area contributed by atoms with E-state index in [1.54, 1.807) is 12.1 Å². The zero-order chi connectivity index (χ0) is 14.7. The largest absolute Gasteiger partial charge is 0.419 e. The summed E-state index contributed by atoms with van der Waals surface area (Å²) < 4.78 is 11.2. The maximum absolute atomic E-state index is 9.16. The van der Waals surface area contributed by atoms with E-state index in [0.29, 0.717) is 28.9 Å². The third-order valence-electron chi connectivity index (χ3n) is 3.35. The van der Waals surface area contributed by atoms with Crippen LogP contribution in [0.2, 0.25) is 5.02 Å². The number of oxazole rings is 1. The van der Waals surface area contributed by atoms with Gasteiger partial charge in [-0.2, -0.15) is 10.2 Å². The minimum Gasteiger partial charge on any atom is -0.419 e. The maximum atomic E-state index is 9.16. The fourth-order valence-corrected chi connectivity index (χ4v) is 2.49. The van der Waals surface area contributed by atoms with Gasteiger partial charge < -0.3 is 14.5 Å². The minimum absolute atomic E-state index is 0.158. The average Bonchev–Trinajstić information content (AvgIpc) is 3.14. The van der Waals surface area contributed by atoms with Crippen LogP contribution in [0, 0.1) is 11.3 Å². The number of nitrogens with one attached hydrogen (secondary N) is 1. The van der Waals surface area contributed by atoms with Gasteiger partial charge in [-0.3, -0.25) is 0 Å². The van der Waals surface area contributed by atoms with E-state index in [0.717, 1.165) is 19.4 Å². The average molecular weight is 304 g/mol. The molecule has 1 fully saturated rings. The van der Waals surface area contributed by atoms with Crippen LogP contribution in [-0.2, 0) is 4.74 Å². The van der Waals surface area contributed by atoms with Crippen molar-refractivity contribution in [2.45, 2.75) is 18.9 Å². The summed E-state index contributed by atoms with van der Waals surface area (Å²) >= 11 is 6.12. The van der Waals surface area contributed by atoms with Crippen molar-refractivity contribution in [3.8, 4) is 17.5 Å². The second-order valence-electron chi connectivity index (χ2n) is 4.80. The molecule has 0 bridgehead atoms. The number of aromatic nitrogens is 1. The number of ether oxygens (including phenoxy) is 1. The van der Waals surface area contributed by atoms with Crippen LogP contribution in [0.15, 0.2) is 28.7 Å². The summed E-state index contributed by atoms with van der Waals surface area (Å²) in [5, 5.41) is 12.8. The fourth-order valence-electron chi connectivity index (χ4n) is 2.28. The molecule has 108 valence electrons. The Hall–Kier alpha value is -2.03. The third-order valence-corrected chi connectivity index (χ3v) is 3.68. The Morgan fingerprint density at radius 2 is 2.29 bits per heavy atom. The molecule has 1 aromatic heterocycles. The Balaban J connectivity index is 1.81. The fraction of sp³-hybridized carbons (Fsp3) is 0.333. The lowest BCUT2D eigenvalue weighted by atomic mass is 10.2. The smallest absolute Gasteiger partial charge is 0.232 e. The van der Waals surface area contributed by atoms with Gasteiger partial charge in [-0.15, -0.1) is 0 Å². The van der Waals surface area contributed by atoms with Crippen molar-refractivity contribution in [3.63, 3.8) is 0 Å². The van der Waals surface area contributed by atoms with E-state index in [9.17, 15) is 0 Å². The molecular weight excluding hydrogens is 290 g/mol. The van der Waals surface area contributed by atoms with Gasteiger partial charge >= 0.3 is 0 Å². The van der Waals surface area contributed by atoms with Crippen molar-refractivity contribution in [2.24, 2.45) is 0 Å². The number of nitriles is 1. The molecule has 0 amide bonds. The number of benzene rings is 1. The highest BCUT2D eigenvalue weighted by Crippen LogP contribution is 2.30. The number of hydrogen-bond acceptors (Lipinski definition) is 5. The number of nitrogens with zero attached hydrogens (tertiary/aromatic N) is 2. The minimum atomic E-state index is 0.158. The van der Waals surface area contributed by atoms with Crippen LogP contribution < -0.4 is 5.32 Å². The van der Waals surface area contributed by atoms with Crippen molar-refractivity contribution < 1.29 is 9.15 Å². The molecule has 1 aromatic carbocycles. The van der Waals surface area contributed by atoms with Gasteiger partial charge in [0.05, 0.1) is 16.7 Å². The first-order valence-corrected chi connectivity index (χ1v) is 7.17. The topological polar surface area (TPSA) is 71.1 Å². The van der Waals surface area contributed by atoms with Gasteiger partial charge in [0.2, 0.25) is 17.5 Å². The molecule has 1 atom stereocenters. The highest BCUT2D eigenvalue weighted by Gasteiger charge is 2.19. The van der Waals surface area contributed by atoms with Gasteiger partial charge in [0.15, 0.2) is 0 Å². The molecule has 0 aliphatic carbocycles. The molecule has 2 heterocycles. The maximum Gasteiger partial charge on any atom is 0.232 e. The lowest BCUT2D eigenvalue weighted by Gasteiger charge is -2.09. The van der Waals surface area contributed by atoms with E-state index < -0.39 is 0 Å². The van der Waals surface area contributed by atoms with Crippen molar-refractivity contribution in [2.75, 3.05) is 18.5 Å². The Labute approximate surface area is 127 Å². The summed E-state index contributed by atoms with van der Waals surface area (Å²) in [5.74, 6) is 0.704.